The van der Waals surface area contributed by atoms with Crippen LogP contribution in [0.3, 0.4) is 0 Å². The molecule has 2 aliphatic heterocycles. The van der Waals surface area contributed by atoms with Crippen LogP contribution in [-0.4, -0.2) is 69.6 Å². The van der Waals surface area contributed by atoms with Gasteiger partial charge in [0.1, 0.15) is 12.1 Å². The van der Waals surface area contributed by atoms with Crippen molar-refractivity contribution in [3.05, 3.63) is 30.4 Å². The maximum absolute atomic E-state index is 5.72. The van der Waals surface area contributed by atoms with Gasteiger partial charge in [-0.25, -0.2) is 14.6 Å². The van der Waals surface area contributed by atoms with Gasteiger partial charge in [-0.2, -0.15) is 5.10 Å². The predicted octanol–water partition coefficient (Wildman–Crippen LogP) is 0.880. The van der Waals surface area contributed by atoms with Crippen molar-refractivity contribution in [2.24, 2.45) is 0 Å². The van der Waals surface area contributed by atoms with E-state index in [1.54, 1.807) is 11.0 Å². The second kappa shape index (κ2) is 5.90. The average Bonchev–Trinajstić information content (AvgIpc) is 3.01. The highest BCUT2D eigenvalue weighted by atomic mass is 16.5. The van der Waals surface area contributed by atoms with Gasteiger partial charge in [0.25, 0.3) is 0 Å². The van der Waals surface area contributed by atoms with Gasteiger partial charge in [-0.1, -0.05) is 0 Å². The van der Waals surface area contributed by atoms with E-state index in [1.807, 2.05) is 25.4 Å². The topological polar surface area (TPSA) is 59.3 Å². The largest absolute Gasteiger partial charge is 0.378 e. The second-order valence-corrected chi connectivity index (χ2v) is 6.42. The molecule has 7 nitrogen and oxygen atoms in total. The Balaban J connectivity index is 1.54. The number of anilines is 1. The zero-order valence-electron chi connectivity index (χ0n) is 13.6. The van der Waals surface area contributed by atoms with Gasteiger partial charge < -0.3 is 9.64 Å². The molecule has 122 valence electrons. The van der Waals surface area contributed by atoms with Gasteiger partial charge in [-0.3, -0.25) is 4.90 Å². The molecule has 2 aliphatic rings. The summed E-state index contributed by atoms with van der Waals surface area (Å²) in [6.07, 6.45) is 5.43. The molecule has 23 heavy (non-hydrogen) atoms. The number of piperazine rings is 1. The van der Waals surface area contributed by atoms with Crippen LogP contribution in [0.5, 0.6) is 0 Å². The zero-order valence-corrected chi connectivity index (χ0v) is 13.6. The summed E-state index contributed by atoms with van der Waals surface area (Å²) >= 11 is 0. The van der Waals surface area contributed by atoms with E-state index in [2.05, 4.69) is 31.8 Å². The highest BCUT2D eigenvalue weighted by Gasteiger charge is 2.34. The molecule has 0 N–H and O–H groups in total. The van der Waals surface area contributed by atoms with Crippen LogP contribution >= 0.6 is 0 Å². The number of aromatic nitrogens is 4. The number of hydrogen-bond acceptors (Lipinski definition) is 6. The van der Waals surface area contributed by atoms with Crippen molar-refractivity contribution in [3.8, 4) is 5.82 Å². The molecule has 2 aromatic heterocycles. The van der Waals surface area contributed by atoms with Crippen LogP contribution in [0.1, 0.15) is 12.5 Å². The van der Waals surface area contributed by atoms with Crippen molar-refractivity contribution in [2.45, 2.75) is 25.9 Å². The number of fused-ring (bicyclic) bond motifs is 1. The van der Waals surface area contributed by atoms with Crippen molar-refractivity contribution in [1.82, 2.24) is 24.6 Å². The lowest BCUT2D eigenvalue weighted by Crippen LogP contribution is -2.61. The first-order valence-electron chi connectivity index (χ1n) is 8.13. The molecule has 4 heterocycles. The van der Waals surface area contributed by atoms with E-state index in [1.165, 1.54) is 0 Å². The Morgan fingerprint density at radius 2 is 2.04 bits per heavy atom. The summed E-state index contributed by atoms with van der Waals surface area (Å²) in [6, 6.07) is 2.96. The Bertz CT molecular complexity index is 687. The quantitative estimate of drug-likeness (QED) is 0.820. The number of hydrogen-bond donors (Lipinski definition) is 0. The fourth-order valence-corrected chi connectivity index (χ4v) is 3.45. The van der Waals surface area contributed by atoms with E-state index < -0.39 is 0 Å². The Morgan fingerprint density at radius 3 is 2.87 bits per heavy atom. The molecule has 0 aliphatic carbocycles. The van der Waals surface area contributed by atoms with Crippen LogP contribution in [0.4, 0.5) is 5.82 Å². The van der Waals surface area contributed by atoms with Gasteiger partial charge in [0.2, 0.25) is 0 Å². The molecule has 0 amide bonds. The maximum Gasteiger partial charge on any atom is 0.158 e. The Kier molecular flexibility index (Phi) is 3.74. The first kappa shape index (κ1) is 14.6. The third-order valence-corrected chi connectivity index (χ3v) is 4.67. The summed E-state index contributed by atoms with van der Waals surface area (Å²) in [5.41, 5.74) is 1.12. The van der Waals surface area contributed by atoms with Crippen LogP contribution in [0, 0.1) is 6.92 Å². The van der Waals surface area contributed by atoms with E-state index in [0.29, 0.717) is 12.1 Å². The lowest BCUT2D eigenvalue weighted by atomic mass is 10.1. The molecule has 2 saturated heterocycles. The van der Waals surface area contributed by atoms with Crippen LogP contribution in [0.2, 0.25) is 0 Å². The molecular weight excluding hydrogens is 292 g/mol. The Hall–Kier alpha value is -1.99. The summed E-state index contributed by atoms with van der Waals surface area (Å²) < 4.78 is 7.51. The van der Waals surface area contributed by atoms with Gasteiger partial charge in [-0.15, -0.1) is 0 Å². The summed E-state index contributed by atoms with van der Waals surface area (Å²) in [7, 11) is 0. The first-order chi connectivity index (χ1) is 11.2. The fraction of sp³-hybridized carbons (Fsp3) is 0.562. The molecule has 2 aromatic rings. The highest BCUT2D eigenvalue weighted by Crippen LogP contribution is 2.22. The fourth-order valence-electron chi connectivity index (χ4n) is 3.45. The molecule has 2 atom stereocenters. The summed E-state index contributed by atoms with van der Waals surface area (Å²) in [4.78, 5) is 13.7. The third-order valence-electron chi connectivity index (χ3n) is 4.67. The standard InChI is InChI=1S/C16H22N6O/c1-12-6-19-22(7-12)16-5-15(17-11-18-16)20-3-4-21-13(2)9-23-10-14(21)8-20/h5-7,11,13-14H,3-4,8-10H2,1-2H3/t13-,14+/m0/s1. The van der Waals surface area contributed by atoms with Crippen molar-refractivity contribution in [1.29, 1.82) is 0 Å². The molecule has 0 saturated carbocycles. The molecule has 0 unspecified atom stereocenters. The summed E-state index contributed by atoms with van der Waals surface area (Å²) in [5, 5.41) is 4.33. The third kappa shape index (κ3) is 2.82. The molecule has 2 fully saturated rings. The molecule has 7 heteroatoms. The van der Waals surface area contributed by atoms with Crippen molar-refractivity contribution < 1.29 is 4.74 Å². The molecule has 0 spiro atoms. The molecule has 0 radical (unpaired) electrons. The number of rotatable bonds is 2. The van der Waals surface area contributed by atoms with E-state index in [4.69, 9.17) is 4.74 Å². The maximum atomic E-state index is 5.72. The van der Waals surface area contributed by atoms with Crippen molar-refractivity contribution in [3.63, 3.8) is 0 Å². The van der Waals surface area contributed by atoms with Crippen molar-refractivity contribution >= 4 is 5.82 Å². The van der Waals surface area contributed by atoms with Crippen LogP contribution in [-0.2, 0) is 4.74 Å². The van der Waals surface area contributed by atoms with E-state index in [-0.39, 0.29) is 0 Å². The van der Waals surface area contributed by atoms with E-state index in [9.17, 15) is 0 Å². The number of nitrogens with zero attached hydrogens (tertiary/aromatic N) is 6. The molecule has 0 bridgehead atoms. The number of morpholine rings is 1. The lowest BCUT2D eigenvalue weighted by Gasteiger charge is -2.47. The SMILES string of the molecule is Cc1cnn(-c2cc(N3CCN4[C@@H](COC[C@@H]4C)C3)ncn2)c1. The monoisotopic (exact) mass is 314 g/mol. The van der Waals surface area contributed by atoms with Crippen molar-refractivity contribution in [2.75, 3.05) is 37.7 Å². The van der Waals surface area contributed by atoms with Gasteiger partial charge in [0, 0.05) is 37.9 Å². The van der Waals surface area contributed by atoms with Crippen LogP contribution in [0.15, 0.2) is 24.8 Å². The summed E-state index contributed by atoms with van der Waals surface area (Å²) in [5.74, 6) is 1.76. The predicted molar refractivity (Wildman–Crippen MR) is 86.9 cm³/mol. The Labute approximate surface area is 135 Å². The first-order valence-corrected chi connectivity index (χ1v) is 8.13. The van der Waals surface area contributed by atoms with Crippen LogP contribution < -0.4 is 4.90 Å². The average molecular weight is 314 g/mol. The van der Waals surface area contributed by atoms with E-state index in [0.717, 1.165) is 50.0 Å². The minimum Gasteiger partial charge on any atom is -0.378 e. The summed E-state index contributed by atoms with van der Waals surface area (Å²) in [6.45, 7) is 8.88. The highest BCUT2D eigenvalue weighted by molar-refractivity contribution is 5.44. The van der Waals surface area contributed by atoms with Crippen LogP contribution in [0.25, 0.3) is 5.82 Å². The number of aryl methyl sites for hydroxylation is 1. The molecule has 4 rings (SSSR count). The molecular formula is C16H22N6O. The lowest BCUT2D eigenvalue weighted by molar-refractivity contribution is -0.0469. The van der Waals surface area contributed by atoms with Gasteiger partial charge >= 0.3 is 0 Å². The van der Waals surface area contributed by atoms with Gasteiger partial charge in [-0.05, 0) is 19.4 Å². The van der Waals surface area contributed by atoms with Gasteiger partial charge in [0.15, 0.2) is 5.82 Å². The minimum absolute atomic E-state index is 0.442. The second-order valence-electron chi connectivity index (χ2n) is 6.42. The minimum atomic E-state index is 0.442. The van der Waals surface area contributed by atoms with Gasteiger partial charge in [0.05, 0.1) is 25.5 Å². The number of ether oxygens (including phenoxy) is 1. The Morgan fingerprint density at radius 1 is 1.17 bits per heavy atom. The zero-order chi connectivity index (χ0) is 15.8. The normalized spacial score (nSPS) is 25.4. The molecule has 0 aromatic carbocycles. The smallest absolute Gasteiger partial charge is 0.158 e. The van der Waals surface area contributed by atoms with E-state index >= 15 is 0 Å².